The van der Waals surface area contributed by atoms with Gasteiger partial charge in [-0.25, -0.2) is 9.78 Å². The molecule has 1 saturated carbocycles. The van der Waals surface area contributed by atoms with E-state index < -0.39 is 12.1 Å². The molecule has 0 saturated heterocycles. The van der Waals surface area contributed by atoms with Crippen molar-refractivity contribution in [1.82, 2.24) is 14.9 Å². The third kappa shape index (κ3) is 6.83. The number of rotatable bonds is 12. The van der Waals surface area contributed by atoms with Crippen molar-refractivity contribution in [3.8, 4) is 0 Å². The van der Waals surface area contributed by atoms with Crippen LogP contribution in [0.4, 0.5) is 0 Å². The second-order valence-electron chi connectivity index (χ2n) is 8.41. The van der Waals surface area contributed by atoms with Crippen LogP contribution in [0.1, 0.15) is 60.1 Å². The summed E-state index contributed by atoms with van der Waals surface area (Å²) >= 11 is 1.17. The van der Waals surface area contributed by atoms with Crippen LogP contribution < -0.4 is 5.56 Å². The Hall–Kier alpha value is -1.85. The Balaban J connectivity index is 1.82. The fourth-order valence-corrected chi connectivity index (χ4v) is 5.39. The van der Waals surface area contributed by atoms with Gasteiger partial charge in [0, 0.05) is 26.3 Å². The van der Waals surface area contributed by atoms with Crippen LogP contribution in [0.15, 0.2) is 4.79 Å². The van der Waals surface area contributed by atoms with E-state index in [1.165, 1.54) is 24.9 Å². The first kappa shape index (κ1) is 25.8. The van der Waals surface area contributed by atoms with Crippen LogP contribution in [0.2, 0.25) is 0 Å². The molecule has 3 rings (SSSR count). The second kappa shape index (κ2) is 12.6. The average Bonchev–Trinajstić information content (AvgIpc) is 3.14. The number of hydrogen-bond acceptors (Lipinski definition) is 9. The van der Waals surface area contributed by atoms with E-state index in [4.69, 9.17) is 14.2 Å². The first-order chi connectivity index (χ1) is 15.9. The maximum absolute atomic E-state index is 12.9. The number of aliphatic hydroxyl groups excluding tert-OH is 1. The number of nitrogens with zero attached hydrogens (tertiary/aromatic N) is 2. The molecule has 0 radical (unpaired) electrons. The van der Waals surface area contributed by atoms with E-state index in [1.807, 2.05) is 6.92 Å². The number of esters is 1. The number of ether oxygens (including phenoxy) is 3. The molecule has 10 heteroatoms. The first-order valence-electron chi connectivity index (χ1n) is 11.6. The molecule has 184 valence electrons. The molecule has 0 amide bonds. The van der Waals surface area contributed by atoms with Crippen LogP contribution in [0, 0.1) is 6.92 Å². The summed E-state index contributed by atoms with van der Waals surface area (Å²) in [5, 5.41) is 10.9. The molecule has 2 N–H and O–H groups in total. The molecule has 9 nitrogen and oxygen atoms in total. The van der Waals surface area contributed by atoms with Crippen LogP contribution in [-0.2, 0) is 20.8 Å². The van der Waals surface area contributed by atoms with Gasteiger partial charge in [-0.15, -0.1) is 11.3 Å². The van der Waals surface area contributed by atoms with E-state index in [9.17, 15) is 14.7 Å². The van der Waals surface area contributed by atoms with Crippen molar-refractivity contribution in [3.63, 3.8) is 0 Å². The molecule has 1 atom stereocenters. The number of methoxy groups -OCH3 is 1. The van der Waals surface area contributed by atoms with Gasteiger partial charge in [0.1, 0.15) is 22.1 Å². The van der Waals surface area contributed by atoms with Gasteiger partial charge in [0.25, 0.3) is 5.56 Å². The van der Waals surface area contributed by atoms with Crippen LogP contribution in [0.3, 0.4) is 0 Å². The van der Waals surface area contributed by atoms with Gasteiger partial charge in [0.15, 0.2) is 0 Å². The van der Waals surface area contributed by atoms with E-state index in [0.29, 0.717) is 58.8 Å². The van der Waals surface area contributed by atoms with Gasteiger partial charge in [-0.3, -0.25) is 9.69 Å². The maximum Gasteiger partial charge on any atom is 0.348 e. The number of carbonyl (C=O) groups is 1. The fraction of sp³-hybridized carbons (Fsp3) is 0.696. The quantitative estimate of drug-likeness (QED) is 0.351. The minimum Gasteiger partial charge on any atom is -0.459 e. The predicted octanol–water partition coefficient (Wildman–Crippen LogP) is 2.63. The number of aromatic amines is 1. The SMILES string of the molecule is CCOCC(O)CN(Cc1nc2sc(C(=O)OCCOC)c(C)c2c(=O)[nH]1)C1CCCCC1. The molecule has 1 aliphatic carbocycles. The van der Waals surface area contributed by atoms with Crippen molar-refractivity contribution in [3.05, 3.63) is 26.6 Å². The summed E-state index contributed by atoms with van der Waals surface area (Å²) in [5.41, 5.74) is 0.312. The van der Waals surface area contributed by atoms with Gasteiger partial charge in [0.05, 0.1) is 31.2 Å². The van der Waals surface area contributed by atoms with Crippen molar-refractivity contribution >= 4 is 27.5 Å². The minimum absolute atomic E-state index is 0.151. The monoisotopic (exact) mass is 481 g/mol. The molecule has 0 aromatic carbocycles. The highest BCUT2D eigenvalue weighted by Gasteiger charge is 2.26. The Kier molecular flexibility index (Phi) is 9.81. The zero-order valence-corrected chi connectivity index (χ0v) is 20.5. The summed E-state index contributed by atoms with van der Waals surface area (Å²) < 4.78 is 15.5. The molecule has 1 aliphatic rings. The van der Waals surface area contributed by atoms with Gasteiger partial charge in [-0.1, -0.05) is 19.3 Å². The lowest BCUT2D eigenvalue weighted by Gasteiger charge is -2.35. The van der Waals surface area contributed by atoms with E-state index >= 15 is 0 Å². The fourth-order valence-electron chi connectivity index (χ4n) is 4.30. The number of aryl methyl sites for hydroxylation is 1. The van der Waals surface area contributed by atoms with Crippen molar-refractivity contribution in [2.75, 3.05) is 40.1 Å². The number of fused-ring (bicyclic) bond motifs is 1. The van der Waals surface area contributed by atoms with Crippen molar-refractivity contribution in [2.45, 2.75) is 64.6 Å². The average molecular weight is 482 g/mol. The summed E-state index contributed by atoms with van der Waals surface area (Å²) in [6.07, 6.45) is 5.05. The number of aromatic nitrogens is 2. The van der Waals surface area contributed by atoms with Gasteiger partial charge in [0.2, 0.25) is 0 Å². The third-order valence-electron chi connectivity index (χ3n) is 5.96. The lowest BCUT2D eigenvalue weighted by Crippen LogP contribution is -2.43. The predicted molar refractivity (Wildman–Crippen MR) is 127 cm³/mol. The molecule has 0 spiro atoms. The van der Waals surface area contributed by atoms with Gasteiger partial charge in [-0.05, 0) is 32.3 Å². The molecule has 33 heavy (non-hydrogen) atoms. The summed E-state index contributed by atoms with van der Waals surface area (Å²) in [6.45, 7) is 5.81. The Morgan fingerprint density at radius 1 is 1.30 bits per heavy atom. The molecule has 0 aliphatic heterocycles. The number of aliphatic hydroxyl groups is 1. The summed E-state index contributed by atoms with van der Waals surface area (Å²) in [7, 11) is 1.54. The highest BCUT2D eigenvalue weighted by molar-refractivity contribution is 7.20. The molecule has 2 aromatic heterocycles. The summed E-state index contributed by atoms with van der Waals surface area (Å²) in [4.78, 5) is 36.0. The number of H-pyrrole nitrogens is 1. The molecule has 1 unspecified atom stereocenters. The number of thiophene rings is 1. The highest BCUT2D eigenvalue weighted by atomic mass is 32.1. The summed E-state index contributed by atoms with van der Waals surface area (Å²) in [5.74, 6) is 0.0543. The normalized spacial score (nSPS) is 15.9. The van der Waals surface area contributed by atoms with E-state index in [0.717, 1.165) is 25.7 Å². The van der Waals surface area contributed by atoms with Crippen LogP contribution in [-0.4, -0.2) is 78.2 Å². The second-order valence-corrected chi connectivity index (χ2v) is 9.41. The van der Waals surface area contributed by atoms with Gasteiger partial charge < -0.3 is 24.3 Å². The molecule has 1 fully saturated rings. The van der Waals surface area contributed by atoms with Gasteiger partial charge >= 0.3 is 5.97 Å². The third-order valence-corrected chi connectivity index (χ3v) is 7.12. The van der Waals surface area contributed by atoms with Crippen molar-refractivity contribution < 1.29 is 24.1 Å². The maximum atomic E-state index is 12.9. The number of carbonyl (C=O) groups excluding carboxylic acids is 1. The highest BCUT2D eigenvalue weighted by Crippen LogP contribution is 2.28. The van der Waals surface area contributed by atoms with Crippen molar-refractivity contribution in [1.29, 1.82) is 0 Å². The number of hydrogen-bond donors (Lipinski definition) is 2. The smallest absolute Gasteiger partial charge is 0.348 e. The standard InChI is InChI=1S/C23H35N3O6S/c1-4-31-14-17(27)12-26(16-8-6-5-7-9-16)13-18-24-21(28)19-15(2)20(33-22(19)25-18)23(29)32-11-10-30-3/h16-17,27H,4-14H2,1-3H3,(H,24,25,28). The van der Waals surface area contributed by atoms with Gasteiger partial charge in [-0.2, -0.15) is 0 Å². The Morgan fingerprint density at radius 2 is 2.06 bits per heavy atom. The Bertz CT molecular complexity index is 969. The zero-order chi connectivity index (χ0) is 23.8. The molecule has 2 aromatic rings. The first-order valence-corrected chi connectivity index (χ1v) is 12.4. The lowest BCUT2D eigenvalue weighted by atomic mass is 9.94. The van der Waals surface area contributed by atoms with E-state index in [2.05, 4.69) is 14.9 Å². The molecule has 0 bridgehead atoms. The van der Waals surface area contributed by atoms with Crippen molar-refractivity contribution in [2.24, 2.45) is 0 Å². The Morgan fingerprint density at radius 3 is 2.76 bits per heavy atom. The number of nitrogens with one attached hydrogen (secondary N) is 1. The lowest BCUT2D eigenvalue weighted by molar-refractivity contribution is 0.00493. The largest absolute Gasteiger partial charge is 0.459 e. The minimum atomic E-state index is -0.611. The topological polar surface area (TPSA) is 114 Å². The van der Waals surface area contributed by atoms with E-state index in [1.54, 1.807) is 6.92 Å². The zero-order valence-electron chi connectivity index (χ0n) is 19.7. The van der Waals surface area contributed by atoms with Crippen LogP contribution in [0.25, 0.3) is 10.2 Å². The molecule has 2 heterocycles. The van der Waals surface area contributed by atoms with E-state index in [-0.39, 0.29) is 18.8 Å². The Labute approximate surface area is 198 Å². The van der Waals surface area contributed by atoms with Crippen LogP contribution >= 0.6 is 11.3 Å². The molecular weight excluding hydrogens is 446 g/mol. The molecular formula is C23H35N3O6S. The van der Waals surface area contributed by atoms with Crippen LogP contribution in [0.5, 0.6) is 0 Å². The summed E-state index contributed by atoms with van der Waals surface area (Å²) in [6, 6.07) is 0.326.